The summed E-state index contributed by atoms with van der Waals surface area (Å²) in [7, 11) is 0. The molecule has 0 aromatic carbocycles. The summed E-state index contributed by atoms with van der Waals surface area (Å²) in [6, 6.07) is 0. The number of carbonyl (C=O) groups is 1. The molecule has 1 amide bonds. The van der Waals surface area contributed by atoms with Crippen LogP contribution < -0.4 is 5.73 Å². The van der Waals surface area contributed by atoms with Crippen LogP contribution in [0.3, 0.4) is 0 Å². The van der Waals surface area contributed by atoms with Gasteiger partial charge in [-0.05, 0) is 12.8 Å². The van der Waals surface area contributed by atoms with E-state index in [0.29, 0.717) is 13.2 Å². The number of ether oxygens (including phenoxy) is 1. The smallest absolute Gasteiger partial charge is 0.222 e. The van der Waals surface area contributed by atoms with Crippen LogP contribution >= 0.6 is 0 Å². The molecule has 0 aliphatic rings. The summed E-state index contributed by atoms with van der Waals surface area (Å²) >= 11 is 0. The number of rotatable bonds is 6. The molecule has 0 fully saturated rings. The summed E-state index contributed by atoms with van der Waals surface area (Å²) in [5.74, 6) is -0.370. The SMILES string of the molecule is CCCOCC(CC)C(N)=O. The van der Waals surface area contributed by atoms with Gasteiger partial charge in [-0.25, -0.2) is 0 Å². The third-order valence-corrected chi connectivity index (χ3v) is 1.56. The molecule has 0 aliphatic heterocycles. The molecular formula is C8H17NO2. The monoisotopic (exact) mass is 159 g/mol. The van der Waals surface area contributed by atoms with Crippen molar-refractivity contribution in [3.05, 3.63) is 0 Å². The Morgan fingerprint density at radius 2 is 2.18 bits per heavy atom. The first-order chi connectivity index (χ1) is 5.22. The Labute approximate surface area is 67.9 Å². The summed E-state index contributed by atoms with van der Waals surface area (Å²) in [5.41, 5.74) is 5.11. The van der Waals surface area contributed by atoms with Crippen molar-refractivity contribution in [1.82, 2.24) is 0 Å². The van der Waals surface area contributed by atoms with Crippen LogP contribution in [-0.2, 0) is 9.53 Å². The second kappa shape index (κ2) is 6.16. The van der Waals surface area contributed by atoms with E-state index in [1.54, 1.807) is 0 Å². The lowest BCUT2D eigenvalue weighted by Crippen LogP contribution is -2.26. The molecule has 3 heteroatoms. The van der Waals surface area contributed by atoms with Crippen molar-refractivity contribution in [2.45, 2.75) is 26.7 Å². The molecule has 0 radical (unpaired) electrons. The van der Waals surface area contributed by atoms with Crippen molar-refractivity contribution < 1.29 is 9.53 Å². The fourth-order valence-electron chi connectivity index (χ4n) is 0.771. The summed E-state index contributed by atoms with van der Waals surface area (Å²) in [5, 5.41) is 0. The molecule has 0 heterocycles. The van der Waals surface area contributed by atoms with Crippen molar-refractivity contribution in [3.63, 3.8) is 0 Å². The van der Waals surface area contributed by atoms with Gasteiger partial charge in [0.2, 0.25) is 5.91 Å². The average Bonchev–Trinajstić information content (AvgIpc) is 1.97. The van der Waals surface area contributed by atoms with Crippen molar-refractivity contribution in [3.8, 4) is 0 Å². The molecule has 2 N–H and O–H groups in total. The zero-order chi connectivity index (χ0) is 8.69. The largest absolute Gasteiger partial charge is 0.381 e. The minimum atomic E-state index is -0.261. The van der Waals surface area contributed by atoms with Crippen LogP contribution in [0.15, 0.2) is 0 Å². The van der Waals surface area contributed by atoms with Crippen molar-refractivity contribution in [1.29, 1.82) is 0 Å². The number of hydrogen-bond donors (Lipinski definition) is 1. The molecule has 0 aromatic heterocycles. The first kappa shape index (κ1) is 10.4. The van der Waals surface area contributed by atoms with E-state index < -0.39 is 0 Å². The maximum absolute atomic E-state index is 10.7. The van der Waals surface area contributed by atoms with Gasteiger partial charge in [0.15, 0.2) is 0 Å². The second-order valence-electron chi connectivity index (χ2n) is 2.58. The summed E-state index contributed by atoms with van der Waals surface area (Å²) in [6.45, 7) is 5.15. The average molecular weight is 159 g/mol. The van der Waals surface area contributed by atoms with Gasteiger partial charge >= 0.3 is 0 Å². The maximum Gasteiger partial charge on any atom is 0.222 e. The van der Waals surface area contributed by atoms with Crippen molar-refractivity contribution in [2.24, 2.45) is 11.7 Å². The van der Waals surface area contributed by atoms with Crippen molar-refractivity contribution >= 4 is 5.91 Å². The van der Waals surface area contributed by atoms with Crippen LogP contribution in [0.5, 0.6) is 0 Å². The maximum atomic E-state index is 10.7. The molecule has 3 nitrogen and oxygen atoms in total. The molecule has 0 saturated heterocycles. The molecule has 66 valence electrons. The van der Waals surface area contributed by atoms with Gasteiger partial charge in [0.05, 0.1) is 12.5 Å². The summed E-state index contributed by atoms with van der Waals surface area (Å²) in [4.78, 5) is 10.7. The van der Waals surface area contributed by atoms with Gasteiger partial charge in [0.25, 0.3) is 0 Å². The standard InChI is InChI=1S/C8H17NO2/c1-3-5-11-6-7(4-2)8(9)10/h7H,3-6H2,1-2H3,(H2,9,10). The first-order valence-electron chi connectivity index (χ1n) is 4.09. The second-order valence-corrected chi connectivity index (χ2v) is 2.58. The predicted molar refractivity (Wildman–Crippen MR) is 44.1 cm³/mol. The molecule has 11 heavy (non-hydrogen) atoms. The third kappa shape index (κ3) is 4.79. The lowest BCUT2D eigenvalue weighted by Gasteiger charge is -2.09. The Kier molecular flexibility index (Phi) is 5.84. The van der Waals surface area contributed by atoms with E-state index in [9.17, 15) is 4.79 Å². The minimum Gasteiger partial charge on any atom is -0.381 e. The van der Waals surface area contributed by atoms with E-state index in [4.69, 9.17) is 10.5 Å². The number of nitrogens with two attached hydrogens (primary N) is 1. The quantitative estimate of drug-likeness (QED) is 0.586. The van der Waals surface area contributed by atoms with Gasteiger partial charge in [-0.3, -0.25) is 4.79 Å². The fourth-order valence-corrected chi connectivity index (χ4v) is 0.771. The van der Waals surface area contributed by atoms with Crippen LogP contribution in [-0.4, -0.2) is 19.1 Å². The van der Waals surface area contributed by atoms with Gasteiger partial charge in [-0.15, -0.1) is 0 Å². The number of primary amides is 1. The zero-order valence-electron chi connectivity index (χ0n) is 7.30. The zero-order valence-corrected chi connectivity index (χ0v) is 7.30. The van der Waals surface area contributed by atoms with Crippen LogP contribution in [0, 0.1) is 5.92 Å². The van der Waals surface area contributed by atoms with Gasteiger partial charge in [-0.1, -0.05) is 13.8 Å². The summed E-state index contributed by atoms with van der Waals surface area (Å²) < 4.78 is 5.20. The molecule has 0 saturated carbocycles. The fraction of sp³-hybridized carbons (Fsp3) is 0.875. The van der Waals surface area contributed by atoms with Gasteiger partial charge in [0.1, 0.15) is 0 Å². The van der Waals surface area contributed by atoms with E-state index >= 15 is 0 Å². The molecule has 0 bridgehead atoms. The molecule has 0 rings (SSSR count). The number of amides is 1. The highest BCUT2D eigenvalue weighted by molar-refractivity contribution is 5.76. The number of carbonyl (C=O) groups excluding carboxylic acids is 1. The van der Waals surface area contributed by atoms with E-state index in [0.717, 1.165) is 12.8 Å². The molecular weight excluding hydrogens is 142 g/mol. The van der Waals surface area contributed by atoms with Crippen LogP contribution in [0.2, 0.25) is 0 Å². The Morgan fingerprint density at radius 3 is 2.55 bits per heavy atom. The Hall–Kier alpha value is -0.570. The van der Waals surface area contributed by atoms with Crippen LogP contribution in [0.1, 0.15) is 26.7 Å². The van der Waals surface area contributed by atoms with Gasteiger partial charge in [0, 0.05) is 6.61 Å². The molecule has 0 aliphatic carbocycles. The number of hydrogen-bond acceptors (Lipinski definition) is 2. The van der Waals surface area contributed by atoms with E-state index in [1.165, 1.54) is 0 Å². The highest BCUT2D eigenvalue weighted by Crippen LogP contribution is 2.01. The van der Waals surface area contributed by atoms with E-state index in [-0.39, 0.29) is 11.8 Å². The minimum absolute atomic E-state index is 0.110. The first-order valence-corrected chi connectivity index (χ1v) is 4.09. The molecule has 0 spiro atoms. The normalized spacial score (nSPS) is 12.9. The molecule has 0 aromatic rings. The van der Waals surface area contributed by atoms with E-state index in [1.807, 2.05) is 13.8 Å². The predicted octanol–water partition coefficient (Wildman–Crippen LogP) is 0.924. The lowest BCUT2D eigenvalue weighted by atomic mass is 10.1. The molecule has 1 unspecified atom stereocenters. The Morgan fingerprint density at radius 1 is 1.55 bits per heavy atom. The lowest BCUT2D eigenvalue weighted by molar-refractivity contribution is -0.123. The Balaban J connectivity index is 3.44. The van der Waals surface area contributed by atoms with Gasteiger partial charge < -0.3 is 10.5 Å². The topological polar surface area (TPSA) is 52.3 Å². The van der Waals surface area contributed by atoms with Crippen molar-refractivity contribution in [2.75, 3.05) is 13.2 Å². The molecule has 1 atom stereocenters. The Bertz CT molecular complexity index is 115. The third-order valence-electron chi connectivity index (χ3n) is 1.56. The van der Waals surface area contributed by atoms with E-state index in [2.05, 4.69) is 0 Å². The van der Waals surface area contributed by atoms with Gasteiger partial charge in [-0.2, -0.15) is 0 Å². The van der Waals surface area contributed by atoms with Crippen LogP contribution in [0.4, 0.5) is 0 Å². The van der Waals surface area contributed by atoms with Crippen LogP contribution in [0.25, 0.3) is 0 Å². The highest BCUT2D eigenvalue weighted by atomic mass is 16.5. The highest BCUT2D eigenvalue weighted by Gasteiger charge is 2.11. The summed E-state index contributed by atoms with van der Waals surface area (Å²) in [6.07, 6.45) is 1.74.